The highest BCUT2D eigenvalue weighted by Crippen LogP contribution is 2.18. The maximum absolute atomic E-state index is 12.4. The summed E-state index contributed by atoms with van der Waals surface area (Å²) in [6.45, 7) is 4.92. The second-order valence-corrected chi connectivity index (χ2v) is 7.92. The van der Waals surface area contributed by atoms with Crippen molar-refractivity contribution in [1.29, 1.82) is 0 Å². The molecule has 6 nitrogen and oxygen atoms in total. The molecule has 0 saturated carbocycles. The Balaban J connectivity index is 1.55. The van der Waals surface area contributed by atoms with Crippen LogP contribution in [0.25, 0.3) is 0 Å². The highest BCUT2D eigenvalue weighted by Gasteiger charge is 2.33. The molecule has 3 heterocycles. The molecule has 2 fully saturated rings. The Morgan fingerprint density at radius 2 is 1.70 bits per heavy atom. The van der Waals surface area contributed by atoms with Crippen LogP contribution < -0.4 is 0 Å². The van der Waals surface area contributed by atoms with Crippen LogP contribution in [0.15, 0.2) is 10.9 Å². The Morgan fingerprint density at radius 1 is 1.05 bits per heavy atom. The molecule has 2 aliphatic rings. The lowest BCUT2D eigenvalue weighted by Gasteiger charge is -2.35. The maximum Gasteiger partial charge on any atom is 0.282 e. The predicted octanol–water partition coefficient (Wildman–Crippen LogP) is 0.601. The lowest BCUT2D eigenvalue weighted by Crippen LogP contribution is -2.52. The van der Waals surface area contributed by atoms with E-state index >= 15 is 0 Å². The first kappa shape index (κ1) is 14.4. The molecule has 0 aromatic carbocycles. The van der Waals surface area contributed by atoms with Crippen LogP contribution in [-0.2, 0) is 16.8 Å². The molecule has 2 saturated heterocycles. The SMILES string of the molecule is O=S(=O)(N1CCCC1)N1CCN(Cc2cscn2)CC1. The van der Waals surface area contributed by atoms with Crippen molar-refractivity contribution in [1.82, 2.24) is 18.5 Å². The Labute approximate surface area is 124 Å². The quantitative estimate of drug-likeness (QED) is 0.816. The highest BCUT2D eigenvalue weighted by molar-refractivity contribution is 7.86. The summed E-state index contributed by atoms with van der Waals surface area (Å²) in [7, 11) is -3.22. The second kappa shape index (κ2) is 6.07. The van der Waals surface area contributed by atoms with Gasteiger partial charge in [0.15, 0.2) is 0 Å². The molecule has 0 amide bonds. The zero-order valence-corrected chi connectivity index (χ0v) is 13.1. The number of thiazole rings is 1. The standard InChI is InChI=1S/C12H20N4O2S2/c17-20(18,15-3-1-2-4-15)16-7-5-14(6-8-16)9-12-10-19-11-13-12/h10-11H,1-9H2. The number of nitrogens with zero attached hydrogens (tertiary/aromatic N) is 4. The zero-order chi connectivity index (χ0) is 14.0. The number of aromatic nitrogens is 1. The summed E-state index contributed by atoms with van der Waals surface area (Å²) in [5, 5.41) is 2.05. The van der Waals surface area contributed by atoms with Gasteiger partial charge in [0.1, 0.15) is 0 Å². The van der Waals surface area contributed by atoms with Crippen LogP contribution in [0, 0.1) is 0 Å². The van der Waals surface area contributed by atoms with E-state index < -0.39 is 10.2 Å². The Bertz CT molecular complexity index is 518. The molecule has 0 spiro atoms. The van der Waals surface area contributed by atoms with E-state index in [0.717, 1.165) is 38.2 Å². The van der Waals surface area contributed by atoms with Gasteiger partial charge in [0.2, 0.25) is 0 Å². The van der Waals surface area contributed by atoms with Crippen molar-refractivity contribution in [2.24, 2.45) is 0 Å². The molecule has 1 aromatic rings. The molecule has 0 aliphatic carbocycles. The van der Waals surface area contributed by atoms with E-state index in [1.54, 1.807) is 19.9 Å². The van der Waals surface area contributed by atoms with Crippen molar-refractivity contribution in [2.45, 2.75) is 19.4 Å². The van der Waals surface area contributed by atoms with Gasteiger partial charge in [0, 0.05) is 51.2 Å². The largest absolute Gasteiger partial charge is 0.295 e. The van der Waals surface area contributed by atoms with Crippen molar-refractivity contribution in [3.05, 3.63) is 16.6 Å². The third-order valence-electron chi connectivity index (χ3n) is 3.92. The second-order valence-electron chi connectivity index (χ2n) is 5.27. The first-order valence-corrected chi connectivity index (χ1v) is 9.35. The Hall–Kier alpha value is -0.540. The van der Waals surface area contributed by atoms with Crippen LogP contribution in [0.3, 0.4) is 0 Å². The van der Waals surface area contributed by atoms with E-state index in [1.165, 1.54) is 0 Å². The minimum Gasteiger partial charge on any atom is -0.295 e. The predicted molar refractivity (Wildman–Crippen MR) is 78.7 cm³/mol. The monoisotopic (exact) mass is 316 g/mol. The summed E-state index contributed by atoms with van der Waals surface area (Å²) in [6, 6.07) is 0. The van der Waals surface area contributed by atoms with Crippen molar-refractivity contribution < 1.29 is 8.42 Å². The summed E-state index contributed by atoms with van der Waals surface area (Å²) in [4.78, 5) is 6.55. The van der Waals surface area contributed by atoms with Crippen LogP contribution in [0.5, 0.6) is 0 Å². The molecular weight excluding hydrogens is 296 g/mol. The summed E-state index contributed by atoms with van der Waals surface area (Å²) in [5.41, 5.74) is 2.91. The van der Waals surface area contributed by atoms with Gasteiger partial charge in [-0.25, -0.2) is 4.98 Å². The van der Waals surface area contributed by atoms with E-state index in [0.29, 0.717) is 26.2 Å². The van der Waals surface area contributed by atoms with Crippen LogP contribution in [-0.4, -0.2) is 66.2 Å². The molecule has 0 N–H and O–H groups in total. The van der Waals surface area contributed by atoms with Crippen LogP contribution >= 0.6 is 11.3 Å². The molecule has 8 heteroatoms. The molecule has 0 bridgehead atoms. The minimum absolute atomic E-state index is 0.586. The fourth-order valence-corrected chi connectivity index (χ4v) is 4.97. The molecule has 2 aliphatic heterocycles. The van der Waals surface area contributed by atoms with Gasteiger partial charge in [0.25, 0.3) is 10.2 Å². The van der Waals surface area contributed by atoms with Crippen molar-refractivity contribution >= 4 is 21.5 Å². The van der Waals surface area contributed by atoms with Gasteiger partial charge in [-0.3, -0.25) is 4.90 Å². The number of hydrogen-bond donors (Lipinski definition) is 0. The van der Waals surface area contributed by atoms with Crippen LogP contribution in [0.2, 0.25) is 0 Å². The maximum atomic E-state index is 12.4. The van der Waals surface area contributed by atoms with Crippen molar-refractivity contribution in [3.63, 3.8) is 0 Å². The van der Waals surface area contributed by atoms with E-state index in [4.69, 9.17) is 0 Å². The molecule has 3 rings (SSSR count). The third-order valence-corrected chi connectivity index (χ3v) is 6.59. The van der Waals surface area contributed by atoms with E-state index in [2.05, 4.69) is 9.88 Å². The van der Waals surface area contributed by atoms with Gasteiger partial charge in [-0.2, -0.15) is 17.0 Å². The Kier molecular flexibility index (Phi) is 4.37. The molecule has 0 atom stereocenters. The fourth-order valence-electron chi connectivity index (χ4n) is 2.75. The third kappa shape index (κ3) is 3.04. The van der Waals surface area contributed by atoms with Crippen LogP contribution in [0.4, 0.5) is 0 Å². The van der Waals surface area contributed by atoms with Gasteiger partial charge in [-0.15, -0.1) is 11.3 Å². The van der Waals surface area contributed by atoms with Gasteiger partial charge < -0.3 is 0 Å². The average Bonchev–Trinajstić information content (AvgIpc) is 3.12. The molecule has 1 aromatic heterocycles. The number of piperazine rings is 1. The van der Waals surface area contributed by atoms with Gasteiger partial charge in [0.05, 0.1) is 11.2 Å². The van der Waals surface area contributed by atoms with Crippen molar-refractivity contribution in [3.8, 4) is 0 Å². The van der Waals surface area contributed by atoms with Gasteiger partial charge in [-0.05, 0) is 12.8 Å². The minimum atomic E-state index is -3.22. The van der Waals surface area contributed by atoms with E-state index in [-0.39, 0.29) is 0 Å². The molecule has 112 valence electrons. The number of rotatable bonds is 4. The molecule has 0 unspecified atom stereocenters. The van der Waals surface area contributed by atoms with Gasteiger partial charge >= 0.3 is 0 Å². The van der Waals surface area contributed by atoms with Gasteiger partial charge in [-0.1, -0.05) is 0 Å². The zero-order valence-electron chi connectivity index (χ0n) is 11.4. The lowest BCUT2D eigenvalue weighted by atomic mass is 10.3. The van der Waals surface area contributed by atoms with Crippen LogP contribution in [0.1, 0.15) is 18.5 Å². The smallest absolute Gasteiger partial charge is 0.282 e. The Morgan fingerprint density at radius 3 is 2.30 bits per heavy atom. The molecule has 0 radical (unpaired) electrons. The van der Waals surface area contributed by atoms with Crippen molar-refractivity contribution in [2.75, 3.05) is 39.3 Å². The summed E-state index contributed by atoms with van der Waals surface area (Å²) < 4.78 is 28.1. The summed E-state index contributed by atoms with van der Waals surface area (Å²) >= 11 is 1.60. The lowest BCUT2D eigenvalue weighted by molar-refractivity contribution is 0.175. The summed E-state index contributed by atoms with van der Waals surface area (Å²) in [5.74, 6) is 0. The first-order valence-electron chi connectivity index (χ1n) is 7.01. The summed E-state index contributed by atoms with van der Waals surface area (Å²) in [6.07, 6.45) is 1.98. The molecular formula is C12H20N4O2S2. The molecule has 20 heavy (non-hydrogen) atoms. The number of hydrogen-bond acceptors (Lipinski definition) is 5. The fraction of sp³-hybridized carbons (Fsp3) is 0.750. The highest BCUT2D eigenvalue weighted by atomic mass is 32.2. The average molecular weight is 316 g/mol. The topological polar surface area (TPSA) is 56.8 Å². The first-order chi connectivity index (χ1) is 9.66. The normalized spacial score (nSPS) is 23.4. The van der Waals surface area contributed by atoms with E-state index in [1.807, 2.05) is 10.9 Å². The van der Waals surface area contributed by atoms with E-state index in [9.17, 15) is 8.42 Å².